The third kappa shape index (κ3) is 2.84. The lowest BCUT2D eigenvalue weighted by molar-refractivity contribution is 0.0978. The number of aromatic nitrogens is 1. The zero-order chi connectivity index (χ0) is 17.4. The van der Waals surface area contributed by atoms with E-state index in [1.807, 2.05) is 0 Å². The highest BCUT2D eigenvalue weighted by molar-refractivity contribution is 6.24. The molecule has 0 unspecified atom stereocenters. The van der Waals surface area contributed by atoms with Gasteiger partial charge < -0.3 is 0 Å². The third-order valence-corrected chi connectivity index (χ3v) is 3.62. The van der Waals surface area contributed by atoms with Gasteiger partial charge in [-0.2, -0.15) is 0 Å². The molecule has 1 aliphatic rings. The van der Waals surface area contributed by atoms with E-state index in [0.717, 1.165) is 24.4 Å². The van der Waals surface area contributed by atoms with Gasteiger partial charge in [-0.05, 0) is 24.3 Å². The summed E-state index contributed by atoms with van der Waals surface area (Å²) in [7, 11) is 0. The predicted octanol–water partition coefficient (Wildman–Crippen LogP) is 3.85. The van der Waals surface area contributed by atoms with Crippen LogP contribution < -0.4 is 0 Å². The lowest BCUT2D eigenvalue weighted by Gasteiger charge is -2.15. The molecule has 0 atom stereocenters. The Morgan fingerprint density at radius 1 is 1.08 bits per heavy atom. The highest BCUT2D eigenvalue weighted by Crippen LogP contribution is 2.27. The van der Waals surface area contributed by atoms with Crippen LogP contribution in [0.15, 0.2) is 42.1 Å². The molecular weight excluding hydrogens is 326 g/mol. The fourth-order valence-electron chi connectivity index (χ4n) is 2.46. The van der Waals surface area contributed by atoms with Crippen LogP contribution in [0.1, 0.15) is 38.4 Å². The molecular formula is C17H9F4NO2. The molecule has 3 rings (SSSR count). The van der Waals surface area contributed by atoms with Gasteiger partial charge in [0.05, 0.1) is 5.56 Å². The Morgan fingerprint density at radius 2 is 1.83 bits per heavy atom. The zero-order valence-electron chi connectivity index (χ0n) is 12.0. The maximum Gasteiger partial charge on any atom is 0.265 e. The molecule has 0 saturated heterocycles. The van der Waals surface area contributed by atoms with Crippen LogP contribution in [0, 0.1) is 11.6 Å². The van der Waals surface area contributed by atoms with E-state index in [-0.39, 0.29) is 28.8 Å². The van der Waals surface area contributed by atoms with E-state index in [0.29, 0.717) is 6.07 Å². The van der Waals surface area contributed by atoms with Crippen molar-refractivity contribution in [2.45, 2.75) is 12.8 Å². The molecule has 2 aromatic rings. The monoisotopic (exact) mass is 335 g/mol. The molecule has 0 saturated carbocycles. The van der Waals surface area contributed by atoms with Crippen molar-refractivity contribution in [1.29, 1.82) is 0 Å². The largest absolute Gasteiger partial charge is 0.289 e. The Hall–Kier alpha value is -2.83. The van der Waals surface area contributed by atoms with Gasteiger partial charge in [0.2, 0.25) is 0 Å². The summed E-state index contributed by atoms with van der Waals surface area (Å²) in [5.41, 5.74) is -0.843. The normalized spacial score (nSPS) is 14.0. The number of Topliss-reactive ketones (excluding diaryl/α,β-unsaturated/α-hetero) is 1. The minimum absolute atomic E-state index is 0.0321. The van der Waals surface area contributed by atoms with Crippen molar-refractivity contribution >= 4 is 11.6 Å². The van der Waals surface area contributed by atoms with Crippen LogP contribution in [0.2, 0.25) is 0 Å². The molecule has 7 heteroatoms. The van der Waals surface area contributed by atoms with Gasteiger partial charge >= 0.3 is 0 Å². The maximum atomic E-state index is 13.9. The smallest absolute Gasteiger partial charge is 0.265 e. The fraction of sp³-hybridized carbons (Fsp3) is 0.118. The number of rotatable bonds is 3. The highest BCUT2D eigenvalue weighted by Gasteiger charge is 2.29. The van der Waals surface area contributed by atoms with E-state index in [1.54, 1.807) is 0 Å². The van der Waals surface area contributed by atoms with Crippen molar-refractivity contribution in [3.8, 4) is 0 Å². The van der Waals surface area contributed by atoms with Crippen molar-refractivity contribution in [3.63, 3.8) is 0 Å². The number of allylic oxidation sites excluding steroid dienone is 2. The van der Waals surface area contributed by atoms with Gasteiger partial charge in [-0.1, -0.05) is 0 Å². The number of carbonyl (C=O) groups excluding carboxylic acids is 2. The second-order valence-corrected chi connectivity index (χ2v) is 5.23. The van der Waals surface area contributed by atoms with Crippen LogP contribution in [0.25, 0.3) is 0 Å². The third-order valence-electron chi connectivity index (χ3n) is 3.62. The van der Waals surface area contributed by atoms with Gasteiger partial charge in [-0.3, -0.25) is 14.6 Å². The minimum Gasteiger partial charge on any atom is -0.289 e. The molecule has 24 heavy (non-hydrogen) atoms. The highest BCUT2D eigenvalue weighted by atomic mass is 19.3. The van der Waals surface area contributed by atoms with Gasteiger partial charge in [0.15, 0.2) is 11.6 Å². The summed E-state index contributed by atoms with van der Waals surface area (Å²) >= 11 is 0. The second-order valence-electron chi connectivity index (χ2n) is 5.23. The summed E-state index contributed by atoms with van der Waals surface area (Å²) in [4.78, 5) is 28.1. The van der Waals surface area contributed by atoms with Crippen LogP contribution in [-0.2, 0) is 6.42 Å². The van der Waals surface area contributed by atoms with E-state index < -0.39 is 35.2 Å². The quantitative estimate of drug-likeness (QED) is 0.801. The SMILES string of the molecule is O=C1C=C(Cc2ccc(C(F)F)cn2)C(=O)c2c(F)cc(F)cc21. The standard InChI is InChI=1S/C17H9F4NO2/c18-10-5-12-14(23)4-9(16(24)15(12)13(19)6-10)3-11-2-1-8(7-22-11)17(20)21/h1-2,4-7,17H,3H2. The average Bonchev–Trinajstić information content (AvgIpc) is 2.52. The number of ketones is 2. The van der Waals surface area contributed by atoms with Crippen molar-refractivity contribution in [2.75, 3.05) is 0 Å². The number of halogens is 4. The molecule has 1 aromatic carbocycles. The summed E-state index contributed by atoms with van der Waals surface area (Å²) in [5.74, 6) is -3.51. The topological polar surface area (TPSA) is 47.0 Å². The Bertz CT molecular complexity index is 873. The number of hydrogen-bond acceptors (Lipinski definition) is 3. The van der Waals surface area contributed by atoms with Crippen LogP contribution in [0.4, 0.5) is 17.6 Å². The molecule has 1 aliphatic carbocycles. The van der Waals surface area contributed by atoms with E-state index in [2.05, 4.69) is 4.98 Å². The molecule has 0 aliphatic heterocycles. The van der Waals surface area contributed by atoms with Crippen molar-refractivity contribution in [1.82, 2.24) is 4.98 Å². The Balaban J connectivity index is 1.93. The van der Waals surface area contributed by atoms with Crippen LogP contribution in [0.3, 0.4) is 0 Å². The average molecular weight is 335 g/mol. The Kier molecular flexibility index (Phi) is 4.01. The van der Waals surface area contributed by atoms with Crippen LogP contribution >= 0.6 is 0 Å². The van der Waals surface area contributed by atoms with E-state index >= 15 is 0 Å². The first-order valence-electron chi connectivity index (χ1n) is 6.88. The Morgan fingerprint density at radius 3 is 2.46 bits per heavy atom. The molecule has 0 fully saturated rings. The lowest BCUT2D eigenvalue weighted by atomic mass is 9.87. The van der Waals surface area contributed by atoms with Crippen molar-refractivity contribution in [3.05, 3.63) is 76.1 Å². The first kappa shape index (κ1) is 16.0. The molecule has 0 amide bonds. The van der Waals surface area contributed by atoms with E-state index in [4.69, 9.17) is 0 Å². The lowest BCUT2D eigenvalue weighted by Crippen LogP contribution is -2.20. The predicted molar refractivity (Wildman–Crippen MR) is 76.0 cm³/mol. The summed E-state index contributed by atoms with van der Waals surface area (Å²) in [6, 6.07) is 3.80. The molecule has 122 valence electrons. The summed E-state index contributed by atoms with van der Waals surface area (Å²) < 4.78 is 52.1. The maximum absolute atomic E-state index is 13.9. The molecule has 3 nitrogen and oxygen atoms in total. The molecule has 1 heterocycles. The van der Waals surface area contributed by atoms with Gasteiger partial charge in [0.25, 0.3) is 6.43 Å². The fourth-order valence-corrected chi connectivity index (χ4v) is 2.46. The molecule has 0 bridgehead atoms. The molecule has 1 aromatic heterocycles. The number of benzene rings is 1. The van der Waals surface area contributed by atoms with E-state index in [9.17, 15) is 27.2 Å². The summed E-state index contributed by atoms with van der Waals surface area (Å²) in [6.07, 6.45) is -0.824. The minimum atomic E-state index is -2.67. The Labute approximate surface area is 133 Å². The number of hydrogen-bond donors (Lipinski definition) is 0. The molecule has 0 spiro atoms. The number of fused-ring (bicyclic) bond motifs is 1. The van der Waals surface area contributed by atoms with Gasteiger partial charge in [0.1, 0.15) is 11.6 Å². The first-order valence-corrected chi connectivity index (χ1v) is 6.88. The van der Waals surface area contributed by atoms with Crippen molar-refractivity contribution < 1.29 is 27.2 Å². The van der Waals surface area contributed by atoms with Gasteiger partial charge in [-0.25, -0.2) is 17.6 Å². The second kappa shape index (κ2) is 5.99. The first-order chi connectivity index (χ1) is 11.4. The number of pyridine rings is 1. The van der Waals surface area contributed by atoms with Crippen LogP contribution in [-0.4, -0.2) is 16.6 Å². The summed E-state index contributed by atoms with van der Waals surface area (Å²) in [5, 5.41) is 0. The number of carbonyl (C=O) groups is 2. The molecule has 0 N–H and O–H groups in total. The molecule has 0 radical (unpaired) electrons. The van der Waals surface area contributed by atoms with Gasteiger partial charge in [-0.15, -0.1) is 0 Å². The van der Waals surface area contributed by atoms with Crippen LogP contribution in [0.5, 0.6) is 0 Å². The summed E-state index contributed by atoms with van der Waals surface area (Å²) in [6.45, 7) is 0. The zero-order valence-corrected chi connectivity index (χ0v) is 12.0. The number of nitrogens with zero attached hydrogens (tertiary/aromatic N) is 1. The van der Waals surface area contributed by atoms with Crippen molar-refractivity contribution in [2.24, 2.45) is 0 Å². The van der Waals surface area contributed by atoms with E-state index in [1.165, 1.54) is 6.07 Å². The van der Waals surface area contributed by atoms with Gasteiger partial charge in [0, 0.05) is 41.1 Å². The number of alkyl halides is 2.